The molecule has 2 aromatic rings. The number of hydrogen-bond acceptors (Lipinski definition) is 5. The minimum atomic E-state index is -0.629. The monoisotopic (exact) mass is 345 g/mol. The average Bonchev–Trinajstić information content (AvgIpc) is 2.93. The molecule has 0 aliphatic heterocycles. The molecule has 0 radical (unpaired) electrons. The number of thiazole rings is 1. The molecule has 0 fully saturated rings. The van der Waals surface area contributed by atoms with Gasteiger partial charge < -0.3 is 9.84 Å². The number of aryl methyl sites for hydroxylation is 1. The van der Waals surface area contributed by atoms with Crippen molar-refractivity contribution in [3.05, 3.63) is 32.4 Å². The first-order valence-corrected chi connectivity index (χ1v) is 7.58. The van der Waals surface area contributed by atoms with Crippen LogP contribution < -0.4 is 0 Å². The predicted molar refractivity (Wildman–Crippen MR) is 77.3 cm³/mol. The largest absolute Gasteiger partial charge is 0.386 e. The van der Waals surface area contributed by atoms with Gasteiger partial charge in [0, 0.05) is 18.9 Å². The maximum atomic E-state index is 10.4. The van der Waals surface area contributed by atoms with Gasteiger partial charge in [-0.3, -0.25) is 4.68 Å². The van der Waals surface area contributed by atoms with Crippen molar-refractivity contribution in [3.63, 3.8) is 0 Å². The molecule has 7 heteroatoms. The number of rotatable bonds is 6. The Morgan fingerprint density at radius 3 is 3.00 bits per heavy atom. The highest BCUT2D eigenvalue weighted by Gasteiger charge is 2.19. The SMILES string of the molecule is COCCn1ncc(Br)c1C(O)Cc1csc(C)n1. The van der Waals surface area contributed by atoms with Gasteiger partial charge in [-0.2, -0.15) is 5.10 Å². The molecule has 104 valence electrons. The van der Waals surface area contributed by atoms with Crippen molar-refractivity contribution >= 4 is 27.3 Å². The van der Waals surface area contributed by atoms with Crippen molar-refractivity contribution in [2.24, 2.45) is 0 Å². The maximum absolute atomic E-state index is 10.4. The zero-order valence-electron chi connectivity index (χ0n) is 10.8. The molecule has 19 heavy (non-hydrogen) atoms. The first kappa shape index (κ1) is 14.6. The van der Waals surface area contributed by atoms with Crippen LogP contribution in [0.3, 0.4) is 0 Å². The Bertz CT molecular complexity index is 541. The molecule has 2 aromatic heterocycles. The molecule has 0 aromatic carbocycles. The Labute approximate surface area is 124 Å². The zero-order valence-corrected chi connectivity index (χ0v) is 13.2. The van der Waals surface area contributed by atoms with E-state index in [-0.39, 0.29) is 0 Å². The molecule has 0 saturated carbocycles. The number of ether oxygens (including phenoxy) is 1. The van der Waals surface area contributed by atoms with Crippen LogP contribution >= 0.6 is 27.3 Å². The van der Waals surface area contributed by atoms with Gasteiger partial charge in [0.25, 0.3) is 0 Å². The van der Waals surface area contributed by atoms with Crippen molar-refractivity contribution in [1.29, 1.82) is 0 Å². The van der Waals surface area contributed by atoms with Gasteiger partial charge in [0.15, 0.2) is 0 Å². The van der Waals surface area contributed by atoms with E-state index in [0.717, 1.165) is 20.9 Å². The number of aliphatic hydroxyl groups excluding tert-OH is 1. The lowest BCUT2D eigenvalue weighted by Gasteiger charge is -2.13. The van der Waals surface area contributed by atoms with Gasteiger partial charge in [-0.15, -0.1) is 11.3 Å². The van der Waals surface area contributed by atoms with Crippen LogP contribution in [0.2, 0.25) is 0 Å². The number of hydrogen-bond donors (Lipinski definition) is 1. The molecule has 2 rings (SSSR count). The van der Waals surface area contributed by atoms with Crippen molar-refractivity contribution < 1.29 is 9.84 Å². The summed E-state index contributed by atoms with van der Waals surface area (Å²) >= 11 is 5.02. The summed E-state index contributed by atoms with van der Waals surface area (Å²) in [5.74, 6) is 0. The highest BCUT2D eigenvalue weighted by Crippen LogP contribution is 2.26. The lowest BCUT2D eigenvalue weighted by atomic mass is 10.1. The van der Waals surface area contributed by atoms with E-state index in [9.17, 15) is 5.11 Å². The molecule has 1 atom stereocenters. The second-order valence-corrected chi connectivity index (χ2v) is 6.09. The number of nitrogens with zero attached hydrogens (tertiary/aromatic N) is 3. The van der Waals surface area contributed by atoms with Gasteiger partial charge in [0.05, 0.1) is 40.2 Å². The first-order chi connectivity index (χ1) is 9.11. The van der Waals surface area contributed by atoms with Crippen molar-refractivity contribution in [2.45, 2.75) is 26.0 Å². The van der Waals surface area contributed by atoms with E-state index in [1.807, 2.05) is 12.3 Å². The van der Waals surface area contributed by atoms with E-state index in [1.165, 1.54) is 0 Å². The van der Waals surface area contributed by atoms with Crippen molar-refractivity contribution in [3.8, 4) is 0 Å². The van der Waals surface area contributed by atoms with Gasteiger partial charge in [-0.25, -0.2) is 4.98 Å². The van der Waals surface area contributed by atoms with Crippen LogP contribution in [0.5, 0.6) is 0 Å². The quantitative estimate of drug-likeness (QED) is 0.872. The van der Waals surface area contributed by atoms with Crippen molar-refractivity contribution in [2.75, 3.05) is 13.7 Å². The van der Waals surface area contributed by atoms with Crippen LogP contribution in [0.25, 0.3) is 0 Å². The Morgan fingerprint density at radius 1 is 1.58 bits per heavy atom. The molecular weight excluding hydrogens is 330 g/mol. The van der Waals surface area contributed by atoms with Gasteiger partial charge in [-0.05, 0) is 22.9 Å². The van der Waals surface area contributed by atoms with Gasteiger partial charge in [0.2, 0.25) is 0 Å². The third-order valence-electron chi connectivity index (χ3n) is 2.73. The summed E-state index contributed by atoms with van der Waals surface area (Å²) in [5, 5.41) is 17.6. The van der Waals surface area contributed by atoms with Crippen molar-refractivity contribution in [1.82, 2.24) is 14.8 Å². The molecule has 0 aliphatic carbocycles. The third-order valence-corrected chi connectivity index (χ3v) is 4.16. The fourth-order valence-electron chi connectivity index (χ4n) is 1.86. The molecule has 1 unspecified atom stereocenters. The van der Waals surface area contributed by atoms with Crippen LogP contribution in [0.1, 0.15) is 22.5 Å². The smallest absolute Gasteiger partial charge is 0.102 e. The first-order valence-electron chi connectivity index (χ1n) is 5.91. The summed E-state index contributed by atoms with van der Waals surface area (Å²) in [6, 6.07) is 0. The highest BCUT2D eigenvalue weighted by atomic mass is 79.9. The fourth-order valence-corrected chi connectivity index (χ4v) is 3.04. The molecule has 0 amide bonds. The Kier molecular flexibility index (Phi) is 5.09. The van der Waals surface area contributed by atoms with Crippen LogP contribution in [-0.4, -0.2) is 33.6 Å². The van der Waals surface area contributed by atoms with E-state index in [0.29, 0.717) is 19.6 Å². The predicted octanol–water partition coefficient (Wildman–Crippen LogP) is 2.33. The number of methoxy groups -OCH3 is 1. The van der Waals surface area contributed by atoms with Crippen LogP contribution in [0.4, 0.5) is 0 Å². The van der Waals surface area contributed by atoms with E-state index in [2.05, 4.69) is 26.0 Å². The Balaban J connectivity index is 2.13. The number of halogens is 1. The summed E-state index contributed by atoms with van der Waals surface area (Å²) in [4.78, 5) is 4.37. The fraction of sp³-hybridized carbons (Fsp3) is 0.500. The second kappa shape index (κ2) is 6.60. The summed E-state index contributed by atoms with van der Waals surface area (Å²) in [6.07, 6.45) is 1.55. The van der Waals surface area contributed by atoms with Gasteiger partial charge >= 0.3 is 0 Å². The van der Waals surface area contributed by atoms with Crippen LogP contribution in [-0.2, 0) is 17.7 Å². The molecule has 0 saturated heterocycles. The Hall–Kier alpha value is -0.760. The maximum Gasteiger partial charge on any atom is 0.102 e. The third kappa shape index (κ3) is 3.62. The lowest BCUT2D eigenvalue weighted by Crippen LogP contribution is -2.14. The van der Waals surface area contributed by atoms with E-state index in [4.69, 9.17) is 4.74 Å². The Morgan fingerprint density at radius 2 is 2.37 bits per heavy atom. The van der Waals surface area contributed by atoms with Crippen LogP contribution in [0.15, 0.2) is 16.0 Å². The zero-order chi connectivity index (χ0) is 13.8. The van der Waals surface area contributed by atoms with Gasteiger partial charge in [-0.1, -0.05) is 0 Å². The molecule has 0 bridgehead atoms. The number of aliphatic hydroxyl groups is 1. The van der Waals surface area contributed by atoms with Crippen LogP contribution in [0, 0.1) is 6.92 Å². The molecule has 2 heterocycles. The topological polar surface area (TPSA) is 60.2 Å². The summed E-state index contributed by atoms with van der Waals surface area (Å²) in [5.41, 5.74) is 1.67. The molecule has 1 N–H and O–H groups in total. The number of aromatic nitrogens is 3. The van der Waals surface area contributed by atoms with E-state index in [1.54, 1.807) is 29.3 Å². The summed E-state index contributed by atoms with van der Waals surface area (Å²) in [6.45, 7) is 3.13. The molecular formula is C12H16BrN3O2S. The average molecular weight is 346 g/mol. The van der Waals surface area contributed by atoms with E-state index < -0.39 is 6.10 Å². The molecule has 0 spiro atoms. The summed E-state index contributed by atoms with van der Waals surface area (Å²) in [7, 11) is 1.65. The minimum absolute atomic E-state index is 0.488. The van der Waals surface area contributed by atoms with Gasteiger partial charge in [0.1, 0.15) is 6.10 Å². The highest BCUT2D eigenvalue weighted by molar-refractivity contribution is 9.10. The molecule has 0 aliphatic rings. The summed E-state index contributed by atoms with van der Waals surface area (Å²) < 4.78 is 7.61. The second-order valence-electron chi connectivity index (χ2n) is 4.17. The minimum Gasteiger partial charge on any atom is -0.386 e. The molecule has 5 nitrogen and oxygen atoms in total. The standard InChI is InChI=1S/C12H16BrN3O2S/c1-8-15-9(7-19-8)5-11(17)12-10(13)6-14-16(12)3-4-18-2/h6-7,11,17H,3-5H2,1-2H3. The van der Waals surface area contributed by atoms with E-state index >= 15 is 0 Å². The lowest BCUT2D eigenvalue weighted by molar-refractivity contribution is 0.152. The normalized spacial score (nSPS) is 12.8.